The summed E-state index contributed by atoms with van der Waals surface area (Å²) in [7, 11) is 3.69. The molecule has 0 bridgehead atoms. The minimum atomic E-state index is -0.424. The zero-order chi connectivity index (χ0) is 17.1. The van der Waals surface area contributed by atoms with E-state index in [-0.39, 0.29) is 11.7 Å². The number of nitrogens with one attached hydrogen (secondary N) is 1. The van der Waals surface area contributed by atoms with Crippen molar-refractivity contribution in [3.05, 3.63) is 51.2 Å². The Balaban J connectivity index is 1.58. The van der Waals surface area contributed by atoms with Crippen LogP contribution in [0.4, 0.5) is 4.39 Å². The number of fused-ring (bicyclic) bond motifs is 1. The SMILES string of the molecule is CN(C)C(C(=O)NCCc1nc2c(s1)CCC2)c1ccc(F)cc1. The van der Waals surface area contributed by atoms with Gasteiger partial charge in [-0.1, -0.05) is 12.1 Å². The van der Waals surface area contributed by atoms with E-state index in [1.807, 2.05) is 19.0 Å². The summed E-state index contributed by atoms with van der Waals surface area (Å²) in [5.41, 5.74) is 2.03. The molecule has 1 aliphatic carbocycles. The van der Waals surface area contributed by atoms with Gasteiger partial charge in [0.2, 0.25) is 5.91 Å². The molecule has 1 unspecified atom stereocenters. The Labute approximate surface area is 145 Å². The second-order valence-electron chi connectivity index (χ2n) is 6.29. The zero-order valence-corrected chi connectivity index (χ0v) is 14.8. The van der Waals surface area contributed by atoms with Crippen LogP contribution < -0.4 is 5.32 Å². The molecule has 3 rings (SSSR count). The van der Waals surface area contributed by atoms with Crippen LogP contribution in [0.5, 0.6) is 0 Å². The van der Waals surface area contributed by atoms with Crippen molar-refractivity contribution in [2.45, 2.75) is 31.7 Å². The van der Waals surface area contributed by atoms with Crippen LogP contribution in [-0.2, 0) is 24.1 Å². The minimum Gasteiger partial charge on any atom is -0.354 e. The number of likely N-dealkylation sites (N-methyl/N-ethyl adjacent to an activating group) is 1. The molecule has 6 heteroatoms. The van der Waals surface area contributed by atoms with Gasteiger partial charge in [0, 0.05) is 17.8 Å². The lowest BCUT2D eigenvalue weighted by Crippen LogP contribution is -2.37. The molecular formula is C18H22FN3OS. The van der Waals surface area contributed by atoms with Crippen molar-refractivity contribution in [1.29, 1.82) is 0 Å². The van der Waals surface area contributed by atoms with Gasteiger partial charge < -0.3 is 5.32 Å². The molecule has 1 aliphatic rings. The van der Waals surface area contributed by atoms with E-state index in [1.165, 1.54) is 29.1 Å². The molecule has 0 spiro atoms. The molecule has 1 atom stereocenters. The molecule has 0 aliphatic heterocycles. The third kappa shape index (κ3) is 3.82. The molecule has 1 aromatic heterocycles. The first-order chi connectivity index (χ1) is 11.5. The highest BCUT2D eigenvalue weighted by atomic mass is 32.1. The lowest BCUT2D eigenvalue weighted by Gasteiger charge is -2.23. The van der Waals surface area contributed by atoms with Crippen molar-refractivity contribution in [2.24, 2.45) is 0 Å². The van der Waals surface area contributed by atoms with Crippen LogP contribution in [-0.4, -0.2) is 36.4 Å². The van der Waals surface area contributed by atoms with Crippen LogP contribution in [0.25, 0.3) is 0 Å². The monoisotopic (exact) mass is 347 g/mol. The fourth-order valence-corrected chi connectivity index (χ4v) is 4.23. The highest BCUT2D eigenvalue weighted by Crippen LogP contribution is 2.27. The first kappa shape index (κ1) is 17.0. The van der Waals surface area contributed by atoms with Crippen molar-refractivity contribution in [1.82, 2.24) is 15.2 Å². The quantitative estimate of drug-likeness (QED) is 0.874. The number of carbonyl (C=O) groups is 1. The van der Waals surface area contributed by atoms with Gasteiger partial charge in [-0.2, -0.15) is 0 Å². The molecule has 0 fully saturated rings. The summed E-state index contributed by atoms with van der Waals surface area (Å²) in [5, 5.41) is 4.08. The van der Waals surface area contributed by atoms with E-state index in [0.29, 0.717) is 6.54 Å². The molecule has 0 saturated heterocycles. The van der Waals surface area contributed by atoms with E-state index >= 15 is 0 Å². The summed E-state index contributed by atoms with van der Waals surface area (Å²) >= 11 is 1.77. The Morgan fingerprint density at radius 2 is 2.08 bits per heavy atom. The van der Waals surface area contributed by atoms with Crippen LogP contribution in [0.2, 0.25) is 0 Å². The van der Waals surface area contributed by atoms with Gasteiger partial charge in [-0.3, -0.25) is 9.69 Å². The Bertz CT molecular complexity index is 690. The van der Waals surface area contributed by atoms with E-state index in [4.69, 9.17) is 0 Å². The minimum absolute atomic E-state index is 0.0734. The molecule has 1 amide bonds. The highest BCUT2D eigenvalue weighted by molar-refractivity contribution is 7.11. The molecular weight excluding hydrogens is 325 g/mol. The van der Waals surface area contributed by atoms with Crippen molar-refractivity contribution in [3.63, 3.8) is 0 Å². The number of benzene rings is 1. The van der Waals surface area contributed by atoms with Gasteiger partial charge in [0.05, 0.1) is 10.7 Å². The molecule has 0 saturated carbocycles. The molecule has 1 aromatic carbocycles. The zero-order valence-electron chi connectivity index (χ0n) is 14.0. The second-order valence-corrected chi connectivity index (χ2v) is 7.46. The summed E-state index contributed by atoms with van der Waals surface area (Å²) in [4.78, 5) is 20.4. The Morgan fingerprint density at radius 3 is 2.75 bits per heavy atom. The van der Waals surface area contributed by atoms with Crippen molar-refractivity contribution in [2.75, 3.05) is 20.6 Å². The summed E-state index contributed by atoms with van der Waals surface area (Å²) in [6, 6.07) is 5.66. The Kier molecular flexibility index (Phi) is 5.26. The van der Waals surface area contributed by atoms with E-state index in [9.17, 15) is 9.18 Å². The largest absolute Gasteiger partial charge is 0.354 e. The fourth-order valence-electron chi connectivity index (χ4n) is 3.07. The molecule has 1 heterocycles. The summed E-state index contributed by atoms with van der Waals surface area (Å²) in [6.07, 6.45) is 4.21. The van der Waals surface area contributed by atoms with Crippen molar-refractivity contribution >= 4 is 17.2 Å². The molecule has 2 aromatic rings. The average molecular weight is 347 g/mol. The molecule has 0 radical (unpaired) electrons. The van der Waals surface area contributed by atoms with E-state index < -0.39 is 6.04 Å². The number of aromatic nitrogens is 1. The number of hydrogen-bond acceptors (Lipinski definition) is 4. The second kappa shape index (κ2) is 7.40. The fraction of sp³-hybridized carbons (Fsp3) is 0.444. The van der Waals surface area contributed by atoms with Crippen molar-refractivity contribution < 1.29 is 9.18 Å². The lowest BCUT2D eigenvalue weighted by molar-refractivity contribution is -0.125. The normalized spacial score (nSPS) is 14.7. The summed E-state index contributed by atoms with van der Waals surface area (Å²) in [5.74, 6) is -0.371. The predicted molar refractivity (Wildman–Crippen MR) is 93.7 cm³/mol. The Morgan fingerprint density at radius 1 is 1.33 bits per heavy atom. The summed E-state index contributed by atoms with van der Waals surface area (Å²) in [6.45, 7) is 0.566. The van der Waals surface area contributed by atoms with Crippen LogP contribution in [0.3, 0.4) is 0 Å². The maximum Gasteiger partial charge on any atom is 0.241 e. The molecule has 128 valence electrons. The number of halogens is 1. The highest BCUT2D eigenvalue weighted by Gasteiger charge is 2.23. The number of amides is 1. The van der Waals surface area contributed by atoms with Crippen molar-refractivity contribution in [3.8, 4) is 0 Å². The van der Waals surface area contributed by atoms with Gasteiger partial charge in [0.1, 0.15) is 11.9 Å². The number of rotatable bonds is 6. The summed E-state index contributed by atoms with van der Waals surface area (Å²) < 4.78 is 13.1. The first-order valence-corrected chi connectivity index (χ1v) is 9.03. The average Bonchev–Trinajstić information content (AvgIpc) is 3.10. The third-order valence-corrected chi connectivity index (χ3v) is 5.45. The topological polar surface area (TPSA) is 45.2 Å². The molecule has 24 heavy (non-hydrogen) atoms. The Hall–Kier alpha value is -1.79. The van der Waals surface area contributed by atoms with E-state index in [1.54, 1.807) is 23.5 Å². The van der Waals surface area contributed by atoms with Crippen LogP contribution in [0, 0.1) is 5.82 Å². The van der Waals surface area contributed by atoms with E-state index in [0.717, 1.165) is 29.8 Å². The lowest BCUT2D eigenvalue weighted by atomic mass is 10.1. The van der Waals surface area contributed by atoms with Gasteiger partial charge in [-0.25, -0.2) is 9.37 Å². The third-order valence-electron chi connectivity index (χ3n) is 4.23. The van der Waals surface area contributed by atoms with Gasteiger partial charge in [0.15, 0.2) is 0 Å². The number of carbonyl (C=O) groups excluding carboxylic acids is 1. The molecule has 4 nitrogen and oxygen atoms in total. The van der Waals surface area contributed by atoms with Gasteiger partial charge in [-0.15, -0.1) is 11.3 Å². The number of nitrogens with zero attached hydrogens (tertiary/aromatic N) is 2. The molecule has 1 N–H and O–H groups in total. The predicted octanol–water partition coefficient (Wildman–Crippen LogP) is 2.73. The van der Waals surface area contributed by atoms with Crippen LogP contribution in [0.15, 0.2) is 24.3 Å². The van der Waals surface area contributed by atoms with Crippen LogP contribution in [0.1, 0.15) is 33.6 Å². The smallest absolute Gasteiger partial charge is 0.241 e. The van der Waals surface area contributed by atoms with E-state index in [2.05, 4.69) is 10.3 Å². The van der Waals surface area contributed by atoms with Gasteiger partial charge >= 0.3 is 0 Å². The number of aryl methyl sites for hydroxylation is 2. The maximum absolute atomic E-state index is 13.1. The maximum atomic E-state index is 13.1. The van der Waals surface area contributed by atoms with Gasteiger partial charge in [0.25, 0.3) is 0 Å². The van der Waals surface area contributed by atoms with Gasteiger partial charge in [-0.05, 0) is 51.1 Å². The number of hydrogen-bond donors (Lipinski definition) is 1. The first-order valence-electron chi connectivity index (χ1n) is 8.21. The van der Waals surface area contributed by atoms with Crippen LogP contribution >= 0.6 is 11.3 Å². The standard InChI is InChI=1S/C18H22FN3OS/c1-22(2)17(12-6-8-13(19)9-7-12)18(23)20-11-10-16-21-14-4-3-5-15(14)24-16/h6-9,17H,3-5,10-11H2,1-2H3,(H,20,23). The number of thiazole rings is 1.